The molecule has 106 valence electrons. The quantitative estimate of drug-likeness (QED) is 0.849. The smallest absolute Gasteiger partial charge is 0.217 e. The van der Waals surface area contributed by atoms with Crippen molar-refractivity contribution in [2.75, 3.05) is 23.7 Å². The molecule has 0 radical (unpaired) electrons. The first-order valence-electron chi connectivity index (χ1n) is 6.74. The van der Waals surface area contributed by atoms with Crippen LogP contribution in [-0.4, -0.2) is 34.8 Å². The number of carbonyl (C=O) groups excluding carboxylic acids is 1. The van der Waals surface area contributed by atoms with Gasteiger partial charge in [-0.25, -0.2) is 0 Å². The Morgan fingerprint density at radius 2 is 2.21 bits per heavy atom. The van der Waals surface area contributed by atoms with E-state index < -0.39 is 0 Å². The van der Waals surface area contributed by atoms with Crippen molar-refractivity contribution in [1.29, 1.82) is 0 Å². The molecular formula is C13H23N5O. The van der Waals surface area contributed by atoms with E-state index in [0.29, 0.717) is 5.92 Å². The van der Waals surface area contributed by atoms with Crippen LogP contribution in [-0.2, 0) is 11.8 Å². The normalized spacial score (nSPS) is 19.2. The van der Waals surface area contributed by atoms with Gasteiger partial charge in [0.1, 0.15) is 5.82 Å². The van der Waals surface area contributed by atoms with Gasteiger partial charge in [-0.2, -0.15) is 5.10 Å². The average Bonchev–Trinajstić information content (AvgIpc) is 2.83. The van der Waals surface area contributed by atoms with Gasteiger partial charge in [0.2, 0.25) is 5.91 Å². The summed E-state index contributed by atoms with van der Waals surface area (Å²) in [6, 6.07) is 0.203. The van der Waals surface area contributed by atoms with E-state index in [1.54, 1.807) is 6.92 Å². The van der Waals surface area contributed by atoms with E-state index in [2.05, 4.69) is 29.2 Å². The van der Waals surface area contributed by atoms with Gasteiger partial charge in [0.05, 0.1) is 11.4 Å². The number of carbonyl (C=O) groups is 1. The molecule has 19 heavy (non-hydrogen) atoms. The molecule has 2 rings (SSSR count). The van der Waals surface area contributed by atoms with Crippen molar-refractivity contribution in [2.45, 2.75) is 39.2 Å². The van der Waals surface area contributed by atoms with Crippen LogP contribution in [0.4, 0.5) is 11.5 Å². The highest BCUT2D eigenvalue weighted by Crippen LogP contribution is 2.32. The number of rotatable bonds is 3. The van der Waals surface area contributed by atoms with E-state index >= 15 is 0 Å². The second-order valence-electron chi connectivity index (χ2n) is 5.53. The Kier molecular flexibility index (Phi) is 3.68. The number of hydrogen-bond donors (Lipinski definition) is 2. The predicted octanol–water partition coefficient (Wildman–Crippen LogP) is 0.841. The minimum absolute atomic E-state index is 0.0210. The molecule has 1 unspecified atom stereocenters. The van der Waals surface area contributed by atoms with Crippen molar-refractivity contribution in [3.8, 4) is 0 Å². The fourth-order valence-corrected chi connectivity index (χ4v) is 2.71. The molecule has 1 aliphatic rings. The first-order valence-corrected chi connectivity index (χ1v) is 6.74. The summed E-state index contributed by atoms with van der Waals surface area (Å²) in [5, 5.41) is 7.46. The number of nitrogen functional groups attached to an aromatic ring is 1. The van der Waals surface area contributed by atoms with Gasteiger partial charge in [-0.05, 0) is 12.3 Å². The second kappa shape index (κ2) is 5.11. The summed E-state index contributed by atoms with van der Waals surface area (Å²) >= 11 is 0. The summed E-state index contributed by atoms with van der Waals surface area (Å²) < 4.78 is 1.85. The van der Waals surface area contributed by atoms with Crippen LogP contribution in [0.2, 0.25) is 0 Å². The van der Waals surface area contributed by atoms with E-state index in [1.165, 1.54) is 0 Å². The molecule has 1 saturated heterocycles. The van der Waals surface area contributed by atoms with E-state index in [1.807, 2.05) is 11.7 Å². The maximum absolute atomic E-state index is 11.1. The molecule has 1 aromatic rings. The Morgan fingerprint density at radius 3 is 2.74 bits per heavy atom. The monoisotopic (exact) mass is 265 g/mol. The van der Waals surface area contributed by atoms with Crippen LogP contribution < -0.4 is 16.0 Å². The van der Waals surface area contributed by atoms with Gasteiger partial charge in [0.25, 0.3) is 0 Å². The highest BCUT2D eigenvalue weighted by atomic mass is 16.1. The molecule has 0 saturated carbocycles. The zero-order valence-corrected chi connectivity index (χ0v) is 12.1. The molecule has 6 nitrogen and oxygen atoms in total. The fraction of sp³-hybridized carbons (Fsp3) is 0.692. The number of nitrogens with one attached hydrogen (secondary N) is 1. The third-order valence-corrected chi connectivity index (χ3v) is 3.52. The van der Waals surface area contributed by atoms with E-state index in [0.717, 1.165) is 36.7 Å². The van der Waals surface area contributed by atoms with Crippen LogP contribution in [0.1, 0.15) is 38.8 Å². The molecule has 6 heteroatoms. The number of aromatic nitrogens is 2. The number of nitrogens with two attached hydrogens (primary N) is 1. The zero-order chi connectivity index (χ0) is 14.2. The molecule has 0 bridgehead atoms. The lowest BCUT2D eigenvalue weighted by Gasteiger charge is -2.19. The topological polar surface area (TPSA) is 76.2 Å². The van der Waals surface area contributed by atoms with Crippen LogP contribution in [0.15, 0.2) is 0 Å². The van der Waals surface area contributed by atoms with Crippen LogP contribution in [0.25, 0.3) is 0 Å². The third kappa shape index (κ3) is 2.67. The van der Waals surface area contributed by atoms with Crippen LogP contribution in [0.5, 0.6) is 0 Å². The number of amides is 1. The maximum Gasteiger partial charge on any atom is 0.217 e. The molecule has 1 atom stereocenters. The lowest BCUT2D eigenvalue weighted by atomic mass is 10.1. The van der Waals surface area contributed by atoms with Crippen LogP contribution >= 0.6 is 0 Å². The first kappa shape index (κ1) is 13.7. The van der Waals surface area contributed by atoms with Gasteiger partial charge in [-0.15, -0.1) is 0 Å². The summed E-state index contributed by atoms with van der Waals surface area (Å²) in [7, 11) is 1.92. The molecule has 1 aromatic heterocycles. The Balaban J connectivity index is 2.17. The standard InChI is InChI=1S/C13H23N5O/c1-8(2)12-11(14)13(17(4)16-12)18-6-5-10(7-18)15-9(3)19/h8,10H,5-7,14H2,1-4H3,(H,15,19). The molecule has 2 heterocycles. The summed E-state index contributed by atoms with van der Waals surface area (Å²) in [5.41, 5.74) is 7.93. The zero-order valence-electron chi connectivity index (χ0n) is 12.1. The lowest BCUT2D eigenvalue weighted by Crippen LogP contribution is -2.36. The summed E-state index contributed by atoms with van der Waals surface area (Å²) in [6.45, 7) is 7.42. The lowest BCUT2D eigenvalue weighted by molar-refractivity contribution is -0.119. The summed E-state index contributed by atoms with van der Waals surface area (Å²) in [5.74, 6) is 1.30. The molecule has 0 aromatic carbocycles. The average molecular weight is 265 g/mol. The Morgan fingerprint density at radius 1 is 1.53 bits per heavy atom. The second-order valence-corrected chi connectivity index (χ2v) is 5.53. The van der Waals surface area contributed by atoms with E-state index in [-0.39, 0.29) is 11.9 Å². The third-order valence-electron chi connectivity index (χ3n) is 3.52. The maximum atomic E-state index is 11.1. The molecule has 3 N–H and O–H groups in total. The largest absolute Gasteiger partial charge is 0.394 e. The number of hydrogen-bond acceptors (Lipinski definition) is 4. The van der Waals surface area contributed by atoms with Crippen LogP contribution in [0, 0.1) is 0 Å². The Labute approximate surface area is 113 Å². The van der Waals surface area contributed by atoms with Gasteiger partial charge in [-0.3, -0.25) is 9.48 Å². The minimum atomic E-state index is 0.0210. The Hall–Kier alpha value is -1.72. The molecule has 1 fully saturated rings. The molecule has 1 amide bonds. The van der Waals surface area contributed by atoms with Crippen molar-refractivity contribution in [2.24, 2.45) is 7.05 Å². The minimum Gasteiger partial charge on any atom is -0.394 e. The number of aryl methyl sites for hydroxylation is 1. The number of nitrogens with zero attached hydrogens (tertiary/aromatic N) is 3. The molecule has 1 aliphatic heterocycles. The van der Waals surface area contributed by atoms with Crippen molar-refractivity contribution in [3.63, 3.8) is 0 Å². The van der Waals surface area contributed by atoms with Gasteiger partial charge in [0, 0.05) is 33.1 Å². The molecular weight excluding hydrogens is 242 g/mol. The van der Waals surface area contributed by atoms with Crippen molar-refractivity contribution in [1.82, 2.24) is 15.1 Å². The summed E-state index contributed by atoms with van der Waals surface area (Å²) in [4.78, 5) is 13.3. The van der Waals surface area contributed by atoms with Crippen molar-refractivity contribution < 1.29 is 4.79 Å². The van der Waals surface area contributed by atoms with E-state index in [4.69, 9.17) is 5.73 Å². The summed E-state index contributed by atoms with van der Waals surface area (Å²) in [6.07, 6.45) is 0.946. The van der Waals surface area contributed by atoms with Gasteiger partial charge < -0.3 is 16.0 Å². The SMILES string of the molecule is CC(=O)NC1CCN(c2c(N)c(C(C)C)nn2C)C1. The fourth-order valence-electron chi connectivity index (χ4n) is 2.71. The van der Waals surface area contributed by atoms with Gasteiger partial charge >= 0.3 is 0 Å². The highest BCUT2D eigenvalue weighted by Gasteiger charge is 2.28. The van der Waals surface area contributed by atoms with E-state index in [9.17, 15) is 4.79 Å². The van der Waals surface area contributed by atoms with Crippen molar-refractivity contribution >= 4 is 17.4 Å². The van der Waals surface area contributed by atoms with Crippen LogP contribution in [0.3, 0.4) is 0 Å². The predicted molar refractivity (Wildman–Crippen MR) is 76.1 cm³/mol. The highest BCUT2D eigenvalue weighted by molar-refractivity contribution is 5.73. The first-order chi connectivity index (χ1) is 8.90. The number of anilines is 2. The van der Waals surface area contributed by atoms with Crippen molar-refractivity contribution in [3.05, 3.63) is 5.69 Å². The Bertz CT molecular complexity index is 480. The van der Waals surface area contributed by atoms with Gasteiger partial charge in [0.15, 0.2) is 0 Å². The van der Waals surface area contributed by atoms with Gasteiger partial charge in [-0.1, -0.05) is 13.8 Å². The molecule has 0 aliphatic carbocycles. The molecule has 0 spiro atoms.